The molecule has 0 aliphatic heterocycles. The van der Waals surface area contributed by atoms with Gasteiger partial charge in [0, 0.05) is 6.08 Å². The van der Waals surface area contributed by atoms with E-state index in [0.29, 0.717) is 0 Å². The normalized spacial score (nSPS) is 12.2. The highest BCUT2D eigenvalue weighted by Crippen LogP contribution is 2.16. The molecular formula is C15H15N. The van der Waals surface area contributed by atoms with Gasteiger partial charge in [-0.05, 0) is 25.0 Å². The smallest absolute Gasteiger partial charge is 0.0912 e. The first-order valence-corrected chi connectivity index (χ1v) is 5.24. The van der Waals surface area contributed by atoms with Crippen LogP contribution in [0.3, 0.4) is 0 Å². The van der Waals surface area contributed by atoms with E-state index in [1.807, 2.05) is 31.2 Å². The van der Waals surface area contributed by atoms with Crippen molar-refractivity contribution < 1.29 is 0 Å². The third-order valence-electron chi connectivity index (χ3n) is 2.18. The van der Waals surface area contributed by atoms with Crippen molar-refractivity contribution in [1.82, 2.24) is 0 Å². The summed E-state index contributed by atoms with van der Waals surface area (Å²) in [5.74, 6) is 0. The fraction of sp³-hybridized carbons (Fsp3) is 0.133. The lowest BCUT2D eigenvalue weighted by molar-refractivity contribution is 1.45. The Morgan fingerprint density at radius 2 is 1.94 bits per heavy atom. The summed E-state index contributed by atoms with van der Waals surface area (Å²) in [6.07, 6.45) is 9.19. The minimum absolute atomic E-state index is 1.11. The summed E-state index contributed by atoms with van der Waals surface area (Å²) in [5, 5.41) is 8.43. The lowest BCUT2D eigenvalue weighted by atomic mass is 10.0. The average molecular weight is 209 g/mol. The van der Waals surface area contributed by atoms with E-state index in [9.17, 15) is 0 Å². The fourth-order valence-electron chi connectivity index (χ4n) is 1.37. The standard InChI is InChI=1S/C15H15N/c1-3-6-14(7-4-5-12-16)15-10-8-13(2)9-11-15/h3-11H,1-2H3/b5-4+,6-3-,14-7+. The van der Waals surface area contributed by atoms with E-state index in [1.54, 1.807) is 6.08 Å². The number of hydrogen-bond donors (Lipinski definition) is 0. The van der Waals surface area contributed by atoms with Gasteiger partial charge in [-0.1, -0.05) is 54.1 Å². The van der Waals surface area contributed by atoms with E-state index < -0.39 is 0 Å². The zero-order chi connectivity index (χ0) is 11.8. The van der Waals surface area contributed by atoms with Crippen molar-refractivity contribution in [3.05, 3.63) is 65.8 Å². The van der Waals surface area contributed by atoms with Crippen LogP contribution in [0.5, 0.6) is 0 Å². The summed E-state index contributed by atoms with van der Waals surface area (Å²) < 4.78 is 0. The van der Waals surface area contributed by atoms with Crippen molar-refractivity contribution in [2.24, 2.45) is 0 Å². The maximum atomic E-state index is 8.43. The molecule has 0 bridgehead atoms. The summed E-state index contributed by atoms with van der Waals surface area (Å²) in [4.78, 5) is 0. The van der Waals surface area contributed by atoms with Gasteiger partial charge in [0.2, 0.25) is 0 Å². The summed E-state index contributed by atoms with van der Waals surface area (Å²) >= 11 is 0. The molecule has 16 heavy (non-hydrogen) atoms. The minimum Gasteiger partial charge on any atom is -0.193 e. The fourth-order valence-corrected chi connectivity index (χ4v) is 1.37. The Morgan fingerprint density at radius 3 is 2.50 bits per heavy atom. The SMILES string of the molecule is C\C=C/C(=C\C=C\C#N)c1ccc(C)cc1. The number of allylic oxidation sites excluding steroid dienone is 6. The van der Waals surface area contributed by atoms with Gasteiger partial charge in [0.1, 0.15) is 0 Å². The summed E-state index contributed by atoms with van der Waals surface area (Å²) in [5.41, 5.74) is 3.51. The van der Waals surface area contributed by atoms with E-state index in [2.05, 4.69) is 31.2 Å². The molecule has 0 saturated heterocycles. The molecule has 1 heteroatoms. The van der Waals surface area contributed by atoms with Gasteiger partial charge in [-0.3, -0.25) is 0 Å². The Balaban J connectivity index is 3.03. The number of nitrogens with zero attached hydrogens (tertiary/aromatic N) is 1. The average Bonchev–Trinajstić information content (AvgIpc) is 2.29. The zero-order valence-electron chi connectivity index (χ0n) is 9.64. The quantitative estimate of drug-likeness (QED) is 0.544. The number of hydrogen-bond acceptors (Lipinski definition) is 1. The van der Waals surface area contributed by atoms with Gasteiger partial charge in [0.25, 0.3) is 0 Å². The van der Waals surface area contributed by atoms with Crippen LogP contribution in [-0.2, 0) is 0 Å². The van der Waals surface area contributed by atoms with Gasteiger partial charge in [-0.15, -0.1) is 0 Å². The van der Waals surface area contributed by atoms with Crippen LogP contribution < -0.4 is 0 Å². The van der Waals surface area contributed by atoms with Gasteiger partial charge in [0.15, 0.2) is 0 Å². The number of benzene rings is 1. The van der Waals surface area contributed by atoms with Gasteiger partial charge < -0.3 is 0 Å². The molecule has 0 unspecified atom stereocenters. The zero-order valence-corrected chi connectivity index (χ0v) is 9.64. The largest absolute Gasteiger partial charge is 0.193 e. The van der Waals surface area contributed by atoms with Crippen LogP contribution in [0, 0.1) is 18.3 Å². The second-order valence-corrected chi connectivity index (χ2v) is 3.48. The molecule has 0 aliphatic rings. The van der Waals surface area contributed by atoms with Crippen LogP contribution in [-0.4, -0.2) is 0 Å². The van der Waals surface area contributed by atoms with E-state index in [-0.39, 0.29) is 0 Å². The molecule has 1 aromatic rings. The molecule has 0 atom stereocenters. The Morgan fingerprint density at radius 1 is 1.25 bits per heavy atom. The Kier molecular flexibility index (Phi) is 4.82. The molecule has 1 nitrogen and oxygen atoms in total. The molecule has 0 amide bonds. The third kappa shape index (κ3) is 3.59. The molecule has 0 N–H and O–H groups in total. The molecule has 0 aromatic heterocycles. The van der Waals surface area contributed by atoms with Crippen molar-refractivity contribution in [1.29, 1.82) is 5.26 Å². The molecule has 1 rings (SSSR count). The predicted molar refractivity (Wildman–Crippen MR) is 68.7 cm³/mol. The molecule has 1 aromatic carbocycles. The van der Waals surface area contributed by atoms with Crippen LogP contribution in [0.25, 0.3) is 5.57 Å². The molecule has 0 fully saturated rings. The maximum absolute atomic E-state index is 8.43. The summed E-state index contributed by atoms with van der Waals surface area (Å²) in [6.45, 7) is 4.05. The molecular weight excluding hydrogens is 194 g/mol. The number of aryl methyl sites for hydroxylation is 1. The molecule has 80 valence electrons. The predicted octanol–water partition coefficient (Wildman–Crippen LogP) is 4.03. The first-order valence-electron chi connectivity index (χ1n) is 5.24. The molecule has 0 heterocycles. The van der Waals surface area contributed by atoms with E-state index in [1.165, 1.54) is 11.6 Å². The maximum Gasteiger partial charge on any atom is 0.0912 e. The monoisotopic (exact) mass is 209 g/mol. The van der Waals surface area contributed by atoms with Gasteiger partial charge in [0.05, 0.1) is 6.07 Å². The van der Waals surface area contributed by atoms with Crippen LogP contribution in [0.4, 0.5) is 0 Å². The van der Waals surface area contributed by atoms with Gasteiger partial charge in [-0.25, -0.2) is 0 Å². The van der Waals surface area contributed by atoms with Crippen molar-refractivity contribution in [3.63, 3.8) is 0 Å². The van der Waals surface area contributed by atoms with Crippen molar-refractivity contribution in [2.75, 3.05) is 0 Å². The van der Waals surface area contributed by atoms with Gasteiger partial charge >= 0.3 is 0 Å². The highest BCUT2D eigenvalue weighted by molar-refractivity contribution is 5.75. The van der Waals surface area contributed by atoms with Crippen molar-refractivity contribution >= 4 is 5.57 Å². The molecule has 0 aliphatic carbocycles. The first kappa shape index (κ1) is 12.0. The molecule has 0 spiro atoms. The third-order valence-corrected chi connectivity index (χ3v) is 2.18. The number of nitriles is 1. The highest BCUT2D eigenvalue weighted by Gasteiger charge is 1.95. The van der Waals surface area contributed by atoms with E-state index in [4.69, 9.17) is 5.26 Å². The Labute approximate surface area is 97.0 Å². The van der Waals surface area contributed by atoms with Crippen LogP contribution in [0.1, 0.15) is 18.1 Å². The lowest BCUT2D eigenvalue weighted by Crippen LogP contribution is -1.81. The van der Waals surface area contributed by atoms with E-state index >= 15 is 0 Å². The second kappa shape index (κ2) is 6.42. The van der Waals surface area contributed by atoms with Crippen LogP contribution in [0.2, 0.25) is 0 Å². The molecule has 0 saturated carbocycles. The highest BCUT2D eigenvalue weighted by atomic mass is 14.2. The Hall–Kier alpha value is -2.07. The molecule has 0 radical (unpaired) electrons. The van der Waals surface area contributed by atoms with Crippen LogP contribution in [0.15, 0.2) is 54.6 Å². The summed E-state index contributed by atoms with van der Waals surface area (Å²) in [7, 11) is 0. The number of rotatable bonds is 3. The van der Waals surface area contributed by atoms with E-state index in [0.717, 1.165) is 11.1 Å². The van der Waals surface area contributed by atoms with Gasteiger partial charge in [-0.2, -0.15) is 5.26 Å². The summed E-state index contributed by atoms with van der Waals surface area (Å²) in [6, 6.07) is 10.3. The van der Waals surface area contributed by atoms with Crippen molar-refractivity contribution in [3.8, 4) is 6.07 Å². The topological polar surface area (TPSA) is 23.8 Å². The Bertz CT molecular complexity index is 453. The second-order valence-electron chi connectivity index (χ2n) is 3.48. The van der Waals surface area contributed by atoms with Crippen LogP contribution >= 0.6 is 0 Å². The van der Waals surface area contributed by atoms with Crippen molar-refractivity contribution in [2.45, 2.75) is 13.8 Å². The first-order chi connectivity index (χ1) is 7.77. The lowest BCUT2D eigenvalue weighted by Gasteiger charge is -2.02. The minimum atomic E-state index is 1.11.